The second kappa shape index (κ2) is 9.79. The number of para-hydroxylation sites is 2. The number of nitrogens with zero attached hydrogens (tertiary/aromatic N) is 1. The molecular weight excluding hydrogens is 374 g/mol. The molecule has 154 valence electrons. The monoisotopic (exact) mass is 401 g/mol. The van der Waals surface area contributed by atoms with Gasteiger partial charge in [0.25, 0.3) is 0 Å². The third kappa shape index (κ3) is 4.54. The average molecular weight is 402 g/mol. The highest BCUT2D eigenvalue weighted by molar-refractivity contribution is 5.97. The number of ether oxygens (including phenoxy) is 2. The summed E-state index contributed by atoms with van der Waals surface area (Å²) >= 11 is 0. The van der Waals surface area contributed by atoms with E-state index in [1.807, 2.05) is 91.2 Å². The molecule has 3 aromatic rings. The first-order valence-electron chi connectivity index (χ1n) is 10.0. The highest BCUT2D eigenvalue weighted by Gasteiger charge is 2.23. The number of hydrogen-bond donors (Lipinski definition) is 0. The van der Waals surface area contributed by atoms with Gasteiger partial charge in [0, 0.05) is 5.69 Å². The second-order valence-electron chi connectivity index (χ2n) is 6.87. The fraction of sp³-hybridized carbons (Fsp3) is 0.192. The number of aryl methyl sites for hydroxylation is 1. The van der Waals surface area contributed by atoms with Crippen molar-refractivity contribution in [2.45, 2.75) is 27.4 Å². The second-order valence-corrected chi connectivity index (χ2v) is 6.87. The Morgan fingerprint density at radius 2 is 1.80 bits per heavy atom. The van der Waals surface area contributed by atoms with Gasteiger partial charge in [-0.1, -0.05) is 61.2 Å². The molecule has 0 atom stereocenters. The summed E-state index contributed by atoms with van der Waals surface area (Å²) in [5.41, 5.74) is 4.76. The van der Waals surface area contributed by atoms with E-state index in [1.54, 1.807) is 6.92 Å². The predicted octanol–water partition coefficient (Wildman–Crippen LogP) is 6.13. The maximum absolute atomic E-state index is 12.6. The number of hydrogen-bond acceptors (Lipinski definition) is 3. The van der Waals surface area contributed by atoms with E-state index < -0.39 is 0 Å². The molecule has 4 heteroatoms. The van der Waals surface area contributed by atoms with Gasteiger partial charge in [0.15, 0.2) is 0 Å². The van der Waals surface area contributed by atoms with E-state index in [-0.39, 0.29) is 5.97 Å². The lowest BCUT2D eigenvalue weighted by molar-refractivity contribution is 0.0526. The lowest BCUT2D eigenvalue weighted by Gasteiger charge is -2.17. The summed E-state index contributed by atoms with van der Waals surface area (Å²) in [5.74, 6) is 0.368. The molecule has 3 rings (SSSR count). The fourth-order valence-electron chi connectivity index (χ4n) is 3.41. The van der Waals surface area contributed by atoms with Crippen LogP contribution in [0.3, 0.4) is 0 Å². The van der Waals surface area contributed by atoms with Crippen LogP contribution in [0.4, 0.5) is 0 Å². The van der Waals surface area contributed by atoms with Gasteiger partial charge in [-0.25, -0.2) is 4.79 Å². The zero-order chi connectivity index (χ0) is 21.5. The summed E-state index contributed by atoms with van der Waals surface area (Å²) in [7, 11) is 0. The standard InChI is InChI=1S/C26H27NO3/c1-5-12-19(3)25-22(26(28)29-6-2)17-20(4)27(25)23-15-10-11-16-24(23)30-18-21-13-8-7-9-14-21/h5,7-17H,3,6,18H2,1-2,4H3/b12-5-. The van der Waals surface area contributed by atoms with Crippen LogP contribution in [0.5, 0.6) is 5.75 Å². The first-order chi connectivity index (χ1) is 14.6. The Balaban J connectivity index is 2.09. The largest absolute Gasteiger partial charge is 0.487 e. The number of aromatic nitrogens is 1. The summed E-state index contributed by atoms with van der Waals surface area (Å²) in [6.07, 6.45) is 3.79. The number of benzene rings is 2. The highest BCUT2D eigenvalue weighted by atomic mass is 16.5. The van der Waals surface area contributed by atoms with Crippen molar-refractivity contribution >= 4 is 11.5 Å². The van der Waals surface area contributed by atoms with Crippen LogP contribution in [-0.2, 0) is 11.3 Å². The molecule has 0 spiro atoms. The molecule has 0 saturated heterocycles. The molecule has 0 aliphatic heterocycles. The Morgan fingerprint density at radius 3 is 2.50 bits per heavy atom. The van der Waals surface area contributed by atoms with E-state index >= 15 is 0 Å². The SMILES string of the molecule is C=C(/C=C\C)c1c(C(=O)OCC)cc(C)n1-c1ccccc1OCc1ccccc1. The number of carbonyl (C=O) groups excluding carboxylic acids is 1. The van der Waals surface area contributed by atoms with E-state index in [2.05, 4.69) is 6.58 Å². The normalized spacial score (nSPS) is 10.9. The van der Waals surface area contributed by atoms with Crippen molar-refractivity contribution in [1.29, 1.82) is 0 Å². The van der Waals surface area contributed by atoms with Crippen LogP contribution in [0.25, 0.3) is 11.3 Å². The molecule has 30 heavy (non-hydrogen) atoms. The van der Waals surface area contributed by atoms with Gasteiger partial charge in [-0.15, -0.1) is 0 Å². The summed E-state index contributed by atoms with van der Waals surface area (Å²) in [6, 6.07) is 19.7. The Kier molecular flexibility index (Phi) is 6.91. The Bertz CT molecular complexity index is 1060. The molecule has 0 aliphatic rings. The van der Waals surface area contributed by atoms with Crippen LogP contribution in [0, 0.1) is 6.92 Å². The van der Waals surface area contributed by atoms with Crippen LogP contribution in [0.15, 0.2) is 79.4 Å². The van der Waals surface area contributed by atoms with Gasteiger partial charge in [-0.3, -0.25) is 0 Å². The van der Waals surface area contributed by atoms with Crippen LogP contribution in [0.1, 0.15) is 41.2 Å². The maximum atomic E-state index is 12.6. The summed E-state index contributed by atoms with van der Waals surface area (Å²) in [6.45, 7) is 10.6. The molecule has 0 unspecified atom stereocenters. The fourth-order valence-corrected chi connectivity index (χ4v) is 3.41. The average Bonchev–Trinajstić information content (AvgIpc) is 3.11. The number of esters is 1. The van der Waals surface area contributed by atoms with Crippen molar-refractivity contribution in [3.63, 3.8) is 0 Å². The minimum absolute atomic E-state index is 0.315. The molecule has 0 saturated carbocycles. The molecule has 4 nitrogen and oxygen atoms in total. The van der Waals surface area contributed by atoms with Crippen molar-refractivity contribution in [2.75, 3.05) is 6.61 Å². The van der Waals surface area contributed by atoms with Gasteiger partial charge >= 0.3 is 5.97 Å². The Morgan fingerprint density at radius 1 is 1.10 bits per heavy atom. The molecular formula is C26H27NO3. The van der Waals surface area contributed by atoms with Gasteiger partial charge in [-0.05, 0) is 50.1 Å². The minimum Gasteiger partial charge on any atom is -0.487 e. The molecule has 0 N–H and O–H groups in total. The number of carbonyl (C=O) groups is 1. The zero-order valence-corrected chi connectivity index (χ0v) is 17.7. The van der Waals surface area contributed by atoms with Crippen molar-refractivity contribution in [3.8, 4) is 11.4 Å². The van der Waals surface area contributed by atoms with Gasteiger partial charge < -0.3 is 14.0 Å². The lowest BCUT2D eigenvalue weighted by Crippen LogP contribution is -2.09. The first-order valence-corrected chi connectivity index (χ1v) is 10.0. The number of rotatable bonds is 8. The molecule has 0 radical (unpaired) electrons. The third-order valence-electron chi connectivity index (χ3n) is 4.70. The summed E-state index contributed by atoms with van der Waals surface area (Å²) in [5, 5.41) is 0. The van der Waals surface area contributed by atoms with E-state index in [9.17, 15) is 4.79 Å². The van der Waals surface area contributed by atoms with E-state index in [0.29, 0.717) is 24.5 Å². The maximum Gasteiger partial charge on any atom is 0.340 e. The van der Waals surface area contributed by atoms with Gasteiger partial charge in [0.05, 0.1) is 23.6 Å². The van der Waals surface area contributed by atoms with Crippen LogP contribution >= 0.6 is 0 Å². The quantitative estimate of drug-likeness (QED) is 0.337. The molecule has 0 aliphatic carbocycles. The van der Waals surface area contributed by atoms with Crippen molar-refractivity contribution in [1.82, 2.24) is 4.57 Å². The van der Waals surface area contributed by atoms with Crippen molar-refractivity contribution < 1.29 is 14.3 Å². The van der Waals surface area contributed by atoms with E-state index in [1.165, 1.54) is 0 Å². The van der Waals surface area contributed by atoms with Gasteiger partial charge in [0.2, 0.25) is 0 Å². The zero-order valence-electron chi connectivity index (χ0n) is 17.7. The predicted molar refractivity (Wildman–Crippen MR) is 121 cm³/mol. The number of allylic oxidation sites excluding steroid dienone is 3. The van der Waals surface area contributed by atoms with Crippen LogP contribution in [-0.4, -0.2) is 17.1 Å². The topological polar surface area (TPSA) is 40.5 Å². The smallest absolute Gasteiger partial charge is 0.340 e. The highest BCUT2D eigenvalue weighted by Crippen LogP contribution is 2.33. The first kappa shape index (κ1) is 21.2. The molecule has 1 heterocycles. The Hall–Kier alpha value is -3.53. The van der Waals surface area contributed by atoms with Crippen LogP contribution < -0.4 is 4.74 Å². The third-order valence-corrected chi connectivity index (χ3v) is 4.70. The molecule has 0 fully saturated rings. The minimum atomic E-state index is -0.359. The summed E-state index contributed by atoms with van der Waals surface area (Å²) in [4.78, 5) is 12.6. The van der Waals surface area contributed by atoms with Gasteiger partial charge in [-0.2, -0.15) is 0 Å². The lowest BCUT2D eigenvalue weighted by atomic mass is 10.1. The molecule has 2 aromatic carbocycles. The van der Waals surface area contributed by atoms with Crippen LogP contribution in [0.2, 0.25) is 0 Å². The van der Waals surface area contributed by atoms with Crippen molar-refractivity contribution in [3.05, 3.63) is 102 Å². The van der Waals surface area contributed by atoms with Gasteiger partial charge in [0.1, 0.15) is 12.4 Å². The molecule has 0 bridgehead atoms. The van der Waals surface area contributed by atoms with Crippen molar-refractivity contribution in [2.24, 2.45) is 0 Å². The molecule has 0 amide bonds. The summed E-state index contributed by atoms with van der Waals surface area (Å²) < 4.78 is 13.5. The van der Waals surface area contributed by atoms with E-state index in [0.717, 1.165) is 28.3 Å². The molecule has 1 aromatic heterocycles. The van der Waals surface area contributed by atoms with E-state index in [4.69, 9.17) is 9.47 Å². The Labute approximate surface area is 178 Å².